The average molecular weight is 364 g/mol. The molecule has 0 saturated carbocycles. The smallest absolute Gasteiger partial charge is 0.254 e. The van der Waals surface area contributed by atoms with Gasteiger partial charge in [-0.05, 0) is 49.7 Å². The molecule has 0 spiro atoms. The molecule has 1 aliphatic rings. The summed E-state index contributed by atoms with van der Waals surface area (Å²) in [5, 5.41) is 0.871. The SMILES string of the molecule is Cc1ccc2nc(C)cc(C(=O)N3CCOC(c4ccc(F)cc4)C3)c2c1. The Morgan fingerprint density at radius 1 is 1.15 bits per heavy atom. The second kappa shape index (κ2) is 7.08. The number of fused-ring (bicyclic) bond motifs is 1. The Balaban J connectivity index is 1.65. The van der Waals surface area contributed by atoms with Crippen molar-refractivity contribution >= 4 is 16.8 Å². The highest BCUT2D eigenvalue weighted by molar-refractivity contribution is 6.06. The quantitative estimate of drug-likeness (QED) is 0.684. The molecule has 1 unspecified atom stereocenters. The number of rotatable bonds is 2. The molecule has 1 saturated heterocycles. The molecule has 1 atom stereocenters. The lowest BCUT2D eigenvalue weighted by molar-refractivity contribution is -0.0227. The van der Waals surface area contributed by atoms with Crippen LogP contribution in [-0.4, -0.2) is 35.5 Å². The van der Waals surface area contributed by atoms with E-state index in [4.69, 9.17) is 4.74 Å². The summed E-state index contributed by atoms with van der Waals surface area (Å²) in [4.78, 5) is 19.6. The van der Waals surface area contributed by atoms with Gasteiger partial charge in [0, 0.05) is 17.6 Å². The van der Waals surface area contributed by atoms with Crippen molar-refractivity contribution in [2.45, 2.75) is 20.0 Å². The Bertz CT molecular complexity index is 1000. The number of aryl methyl sites for hydroxylation is 2. The molecule has 1 aromatic heterocycles. The summed E-state index contributed by atoms with van der Waals surface area (Å²) in [6.45, 7) is 5.34. The molecular formula is C22H21FN2O2. The van der Waals surface area contributed by atoms with Crippen LogP contribution in [0.15, 0.2) is 48.5 Å². The van der Waals surface area contributed by atoms with E-state index in [2.05, 4.69) is 4.98 Å². The van der Waals surface area contributed by atoms with E-state index in [1.54, 1.807) is 12.1 Å². The minimum absolute atomic E-state index is 0.0217. The zero-order valence-electron chi connectivity index (χ0n) is 15.4. The maximum atomic E-state index is 13.3. The van der Waals surface area contributed by atoms with Gasteiger partial charge in [-0.15, -0.1) is 0 Å². The second-order valence-corrected chi connectivity index (χ2v) is 6.99. The first-order chi connectivity index (χ1) is 13.0. The van der Waals surface area contributed by atoms with Crippen LogP contribution in [0.4, 0.5) is 4.39 Å². The number of morpholine rings is 1. The Hall–Kier alpha value is -2.79. The molecule has 138 valence electrons. The topological polar surface area (TPSA) is 42.4 Å². The summed E-state index contributed by atoms with van der Waals surface area (Å²) in [5.41, 5.74) is 4.28. The number of halogens is 1. The number of hydrogen-bond donors (Lipinski definition) is 0. The number of carbonyl (C=O) groups is 1. The van der Waals surface area contributed by atoms with Crippen molar-refractivity contribution < 1.29 is 13.9 Å². The Labute approximate surface area is 157 Å². The Morgan fingerprint density at radius 3 is 2.70 bits per heavy atom. The third-order valence-electron chi connectivity index (χ3n) is 4.92. The van der Waals surface area contributed by atoms with Crippen LogP contribution in [0.1, 0.15) is 33.3 Å². The molecule has 3 aromatic rings. The lowest BCUT2D eigenvalue weighted by Crippen LogP contribution is -2.42. The first kappa shape index (κ1) is 17.6. The standard InChI is InChI=1S/C22H21FN2O2/c1-14-3-8-20-18(11-14)19(12-15(2)24-20)22(26)25-9-10-27-21(13-25)16-4-6-17(23)7-5-16/h3-8,11-12,21H,9-10,13H2,1-2H3. The molecular weight excluding hydrogens is 343 g/mol. The van der Waals surface area contributed by atoms with E-state index in [9.17, 15) is 9.18 Å². The molecule has 5 heteroatoms. The highest BCUT2D eigenvalue weighted by Crippen LogP contribution is 2.26. The monoisotopic (exact) mass is 364 g/mol. The van der Waals surface area contributed by atoms with Crippen LogP contribution in [-0.2, 0) is 4.74 Å². The lowest BCUT2D eigenvalue weighted by Gasteiger charge is -2.33. The molecule has 27 heavy (non-hydrogen) atoms. The summed E-state index contributed by atoms with van der Waals surface area (Å²) in [6.07, 6.45) is -0.251. The van der Waals surface area contributed by atoms with E-state index in [-0.39, 0.29) is 17.8 Å². The van der Waals surface area contributed by atoms with Gasteiger partial charge >= 0.3 is 0 Å². The minimum atomic E-state index is -0.281. The van der Waals surface area contributed by atoms with Gasteiger partial charge < -0.3 is 9.64 Å². The van der Waals surface area contributed by atoms with Crippen LogP contribution >= 0.6 is 0 Å². The van der Waals surface area contributed by atoms with Crippen molar-refractivity contribution in [2.75, 3.05) is 19.7 Å². The van der Waals surface area contributed by atoms with Crippen LogP contribution in [0.2, 0.25) is 0 Å². The van der Waals surface area contributed by atoms with Crippen molar-refractivity contribution in [2.24, 2.45) is 0 Å². The summed E-state index contributed by atoms with van der Waals surface area (Å²) in [6, 6.07) is 14.1. The number of carbonyl (C=O) groups excluding carboxylic acids is 1. The van der Waals surface area contributed by atoms with E-state index >= 15 is 0 Å². The number of benzene rings is 2. The summed E-state index contributed by atoms with van der Waals surface area (Å²) < 4.78 is 19.0. The number of amides is 1. The van der Waals surface area contributed by atoms with E-state index in [1.807, 2.05) is 43.0 Å². The van der Waals surface area contributed by atoms with Crippen molar-refractivity contribution in [3.05, 3.63) is 76.7 Å². The fraction of sp³-hybridized carbons (Fsp3) is 0.273. The Morgan fingerprint density at radius 2 is 1.93 bits per heavy atom. The maximum absolute atomic E-state index is 13.3. The number of nitrogens with zero attached hydrogens (tertiary/aromatic N) is 2. The normalized spacial score (nSPS) is 17.3. The molecule has 4 rings (SSSR count). The molecule has 0 aliphatic carbocycles. The molecule has 0 bridgehead atoms. The summed E-state index contributed by atoms with van der Waals surface area (Å²) in [7, 11) is 0. The van der Waals surface area contributed by atoms with Gasteiger partial charge in [-0.1, -0.05) is 23.8 Å². The summed E-state index contributed by atoms with van der Waals surface area (Å²) in [5.74, 6) is -0.303. The van der Waals surface area contributed by atoms with Gasteiger partial charge in [-0.3, -0.25) is 9.78 Å². The fourth-order valence-corrected chi connectivity index (χ4v) is 3.53. The van der Waals surface area contributed by atoms with Crippen LogP contribution < -0.4 is 0 Å². The van der Waals surface area contributed by atoms with Crippen molar-refractivity contribution in [1.29, 1.82) is 0 Å². The lowest BCUT2D eigenvalue weighted by atomic mass is 10.0. The van der Waals surface area contributed by atoms with Crippen LogP contribution in [0.25, 0.3) is 10.9 Å². The van der Waals surface area contributed by atoms with Gasteiger partial charge in [0.05, 0.1) is 24.2 Å². The van der Waals surface area contributed by atoms with Crippen LogP contribution in [0.5, 0.6) is 0 Å². The van der Waals surface area contributed by atoms with Gasteiger partial charge in [-0.25, -0.2) is 4.39 Å². The predicted molar refractivity (Wildman–Crippen MR) is 102 cm³/mol. The number of hydrogen-bond acceptors (Lipinski definition) is 3. The minimum Gasteiger partial charge on any atom is -0.370 e. The zero-order chi connectivity index (χ0) is 19.0. The number of pyridine rings is 1. The molecule has 1 amide bonds. The molecule has 2 aromatic carbocycles. The van der Waals surface area contributed by atoms with Gasteiger partial charge in [0.25, 0.3) is 5.91 Å². The van der Waals surface area contributed by atoms with Crippen molar-refractivity contribution in [1.82, 2.24) is 9.88 Å². The highest BCUT2D eigenvalue weighted by Gasteiger charge is 2.27. The molecule has 1 fully saturated rings. The predicted octanol–water partition coefficient (Wildman–Crippen LogP) is 4.20. The van der Waals surface area contributed by atoms with Crippen LogP contribution in [0.3, 0.4) is 0 Å². The van der Waals surface area contributed by atoms with E-state index in [0.717, 1.165) is 27.7 Å². The largest absolute Gasteiger partial charge is 0.370 e. The van der Waals surface area contributed by atoms with Gasteiger partial charge in [0.1, 0.15) is 11.9 Å². The zero-order valence-corrected chi connectivity index (χ0v) is 15.4. The molecule has 2 heterocycles. The maximum Gasteiger partial charge on any atom is 0.254 e. The molecule has 0 N–H and O–H groups in total. The highest BCUT2D eigenvalue weighted by atomic mass is 19.1. The van der Waals surface area contributed by atoms with Gasteiger partial charge in [0.15, 0.2) is 0 Å². The first-order valence-corrected chi connectivity index (χ1v) is 9.05. The third-order valence-corrected chi connectivity index (χ3v) is 4.92. The number of ether oxygens (including phenoxy) is 1. The van der Waals surface area contributed by atoms with Crippen molar-refractivity contribution in [3.8, 4) is 0 Å². The van der Waals surface area contributed by atoms with Crippen molar-refractivity contribution in [3.63, 3.8) is 0 Å². The van der Waals surface area contributed by atoms with E-state index in [0.29, 0.717) is 25.3 Å². The van der Waals surface area contributed by atoms with Crippen LogP contribution in [0, 0.1) is 19.7 Å². The van der Waals surface area contributed by atoms with Gasteiger partial charge in [0.2, 0.25) is 0 Å². The average Bonchev–Trinajstić information content (AvgIpc) is 2.68. The third kappa shape index (κ3) is 3.55. The van der Waals surface area contributed by atoms with E-state index in [1.165, 1.54) is 12.1 Å². The molecule has 4 nitrogen and oxygen atoms in total. The summed E-state index contributed by atoms with van der Waals surface area (Å²) >= 11 is 0. The molecule has 0 radical (unpaired) electrons. The molecule has 1 aliphatic heterocycles. The van der Waals surface area contributed by atoms with Gasteiger partial charge in [-0.2, -0.15) is 0 Å². The van der Waals surface area contributed by atoms with E-state index < -0.39 is 0 Å². The Kier molecular flexibility index (Phi) is 4.62. The second-order valence-electron chi connectivity index (χ2n) is 6.99. The first-order valence-electron chi connectivity index (χ1n) is 9.05. The number of aromatic nitrogens is 1. The fourth-order valence-electron chi connectivity index (χ4n) is 3.53.